The van der Waals surface area contributed by atoms with Gasteiger partial charge in [-0.05, 0) is 30.5 Å². The standard InChI is InChI=1S/C12H10BrN3OS/c13-9-3-1-2-8(6-9)12(4-5-12)10(17)15-11-16-14-7-18-11/h1-3,6-7H,4-5H2,(H,15,16,17). The van der Waals surface area contributed by atoms with Crippen molar-refractivity contribution in [1.29, 1.82) is 0 Å². The van der Waals surface area contributed by atoms with E-state index < -0.39 is 0 Å². The van der Waals surface area contributed by atoms with Crippen molar-refractivity contribution in [2.45, 2.75) is 18.3 Å². The number of carbonyl (C=O) groups excluding carboxylic acids is 1. The molecule has 0 aliphatic heterocycles. The molecule has 0 bridgehead atoms. The first-order valence-corrected chi connectivity index (χ1v) is 7.22. The van der Waals surface area contributed by atoms with Crippen molar-refractivity contribution in [1.82, 2.24) is 10.2 Å². The second-order valence-corrected chi connectivity index (χ2v) is 6.04. The van der Waals surface area contributed by atoms with Crippen LogP contribution in [0.3, 0.4) is 0 Å². The van der Waals surface area contributed by atoms with Crippen molar-refractivity contribution in [2.24, 2.45) is 0 Å². The molecule has 1 aliphatic rings. The number of hydrogen-bond acceptors (Lipinski definition) is 4. The summed E-state index contributed by atoms with van der Waals surface area (Å²) < 4.78 is 0.995. The van der Waals surface area contributed by atoms with Crippen LogP contribution in [0.15, 0.2) is 34.2 Å². The van der Waals surface area contributed by atoms with E-state index in [4.69, 9.17) is 0 Å². The van der Waals surface area contributed by atoms with Gasteiger partial charge in [0.15, 0.2) is 0 Å². The third kappa shape index (κ3) is 2.06. The van der Waals surface area contributed by atoms with Gasteiger partial charge in [0.1, 0.15) is 5.51 Å². The Morgan fingerprint density at radius 3 is 2.89 bits per heavy atom. The highest BCUT2D eigenvalue weighted by atomic mass is 79.9. The summed E-state index contributed by atoms with van der Waals surface area (Å²) in [6, 6.07) is 7.92. The fraction of sp³-hybridized carbons (Fsp3) is 0.250. The van der Waals surface area contributed by atoms with Gasteiger partial charge < -0.3 is 0 Å². The molecular weight excluding hydrogens is 314 g/mol. The zero-order chi connectivity index (χ0) is 12.6. The van der Waals surface area contributed by atoms with Crippen molar-refractivity contribution < 1.29 is 4.79 Å². The van der Waals surface area contributed by atoms with Crippen molar-refractivity contribution in [3.63, 3.8) is 0 Å². The number of halogens is 1. The molecule has 1 amide bonds. The zero-order valence-electron chi connectivity index (χ0n) is 9.39. The van der Waals surface area contributed by atoms with Crippen LogP contribution < -0.4 is 5.32 Å². The van der Waals surface area contributed by atoms with Crippen molar-refractivity contribution in [3.05, 3.63) is 39.8 Å². The maximum absolute atomic E-state index is 12.3. The van der Waals surface area contributed by atoms with Crippen LogP contribution in [0.1, 0.15) is 18.4 Å². The summed E-state index contributed by atoms with van der Waals surface area (Å²) in [5.41, 5.74) is 2.28. The Balaban J connectivity index is 1.85. The number of nitrogens with zero attached hydrogens (tertiary/aromatic N) is 2. The molecule has 2 aromatic rings. The van der Waals surface area contributed by atoms with E-state index in [0.717, 1.165) is 22.9 Å². The summed E-state index contributed by atoms with van der Waals surface area (Å²) in [4.78, 5) is 12.3. The molecule has 4 nitrogen and oxygen atoms in total. The molecular formula is C12H10BrN3OS. The van der Waals surface area contributed by atoms with Gasteiger partial charge in [0.25, 0.3) is 0 Å². The fourth-order valence-electron chi connectivity index (χ4n) is 2.00. The lowest BCUT2D eigenvalue weighted by Gasteiger charge is -2.14. The molecule has 1 fully saturated rings. The molecule has 0 radical (unpaired) electrons. The smallest absolute Gasteiger partial charge is 0.236 e. The Hall–Kier alpha value is -1.27. The molecule has 92 valence electrons. The van der Waals surface area contributed by atoms with E-state index in [9.17, 15) is 4.79 Å². The van der Waals surface area contributed by atoms with Crippen molar-refractivity contribution >= 4 is 38.3 Å². The summed E-state index contributed by atoms with van der Waals surface area (Å²) in [5.74, 6) is 0.0114. The van der Waals surface area contributed by atoms with E-state index in [0.29, 0.717) is 5.13 Å². The molecule has 0 saturated heterocycles. The second-order valence-electron chi connectivity index (χ2n) is 4.29. The largest absolute Gasteiger partial charge is 0.300 e. The van der Waals surface area contributed by atoms with Crippen LogP contribution >= 0.6 is 27.3 Å². The highest BCUT2D eigenvalue weighted by molar-refractivity contribution is 9.10. The maximum Gasteiger partial charge on any atom is 0.236 e. The highest BCUT2D eigenvalue weighted by Gasteiger charge is 2.51. The monoisotopic (exact) mass is 323 g/mol. The van der Waals surface area contributed by atoms with Gasteiger partial charge >= 0.3 is 0 Å². The summed E-state index contributed by atoms with van der Waals surface area (Å²) in [6.45, 7) is 0. The molecule has 18 heavy (non-hydrogen) atoms. The fourth-order valence-corrected chi connectivity index (χ4v) is 2.84. The van der Waals surface area contributed by atoms with Gasteiger partial charge in [-0.3, -0.25) is 10.1 Å². The van der Waals surface area contributed by atoms with Crippen molar-refractivity contribution in [3.8, 4) is 0 Å². The Bertz CT molecular complexity index is 581. The lowest BCUT2D eigenvalue weighted by molar-refractivity contribution is -0.118. The number of rotatable bonds is 3. The van der Waals surface area contributed by atoms with E-state index >= 15 is 0 Å². The highest BCUT2D eigenvalue weighted by Crippen LogP contribution is 2.49. The van der Waals surface area contributed by atoms with Crippen LogP contribution in [0, 0.1) is 0 Å². The molecule has 0 atom stereocenters. The molecule has 6 heteroatoms. The lowest BCUT2D eigenvalue weighted by Crippen LogP contribution is -2.27. The number of amides is 1. The maximum atomic E-state index is 12.3. The predicted octanol–water partition coefficient (Wildman–Crippen LogP) is 2.97. The van der Waals surface area contributed by atoms with Crippen LogP contribution in [0.5, 0.6) is 0 Å². The minimum Gasteiger partial charge on any atom is -0.300 e. The minimum absolute atomic E-state index is 0.0114. The Morgan fingerprint density at radius 2 is 2.28 bits per heavy atom. The second kappa shape index (κ2) is 4.44. The molecule has 1 aromatic carbocycles. The van der Waals surface area contributed by atoms with Crippen LogP contribution in [0.25, 0.3) is 0 Å². The summed E-state index contributed by atoms with van der Waals surface area (Å²) >= 11 is 4.77. The SMILES string of the molecule is O=C(Nc1nncs1)C1(c2cccc(Br)c2)CC1. The first-order chi connectivity index (χ1) is 8.71. The Morgan fingerprint density at radius 1 is 1.44 bits per heavy atom. The van der Waals surface area contributed by atoms with Crippen molar-refractivity contribution in [2.75, 3.05) is 5.32 Å². The average Bonchev–Trinajstić information content (AvgIpc) is 3.03. The Kier molecular flexibility index (Phi) is 2.91. The predicted molar refractivity (Wildman–Crippen MR) is 73.6 cm³/mol. The first-order valence-electron chi connectivity index (χ1n) is 5.54. The topological polar surface area (TPSA) is 54.9 Å². The van der Waals surface area contributed by atoms with Gasteiger partial charge in [-0.1, -0.05) is 39.4 Å². The summed E-state index contributed by atoms with van der Waals surface area (Å²) in [6.07, 6.45) is 1.77. The van der Waals surface area contributed by atoms with E-state index in [1.54, 1.807) is 5.51 Å². The number of hydrogen-bond donors (Lipinski definition) is 1. The van der Waals surface area contributed by atoms with Crippen LogP contribution in [0.4, 0.5) is 5.13 Å². The molecule has 1 saturated carbocycles. The van der Waals surface area contributed by atoms with Crippen LogP contribution in [0.2, 0.25) is 0 Å². The third-order valence-electron chi connectivity index (χ3n) is 3.14. The van der Waals surface area contributed by atoms with E-state index in [-0.39, 0.29) is 11.3 Å². The lowest BCUT2D eigenvalue weighted by atomic mass is 9.95. The van der Waals surface area contributed by atoms with Gasteiger partial charge in [0, 0.05) is 4.47 Å². The van der Waals surface area contributed by atoms with Gasteiger partial charge in [-0.2, -0.15) is 0 Å². The van der Waals surface area contributed by atoms with E-state index in [1.807, 2.05) is 24.3 Å². The zero-order valence-corrected chi connectivity index (χ0v) is 11.8. The van der Waals surface area contributed by atoms with E-state index in [1.165, 1.54) is 11.3 Å². The number of aromatic nitrogens is 2. The third-order valence-corrected chi connectivity index (χ3v) is 4.24. The van der Waals surface area contributed by atoms with Gasteiger partial charge in [-0.25, -0.2) is 0 Å². The average molecular weight is 324 g/mol. The Labute approximate surface area is 117 Å². The number of carbonyl (C=O) groups is 1. The van der Waals surface area contributed by atoms with Crippen LogP contribution in [-0.4, -0.2) is 16.1 Å². The molecule has 1 aliphatic carbocycles. The summed E-state index contributed by atoms with van der Waals surface area (Å²) in [5, 5.41) is 10.9. The number of benzene rings is 1. The van der Waals surface area contributed by atoms with E-state index in [2.05, 4.69) is 31.4 Å². The molecule has 1 heterocycles. The minimum atomic E-state index is -0.380. The van der Waals surface area contributed by atoms with Gasteiger partial charge in [-0.15, -0.1) is 10.2 Å². The van der Waals surface area contributed by atoms with Gasteiger partial charge in [0.2, 0.25) is 11.0 Å². The molecule has 0 spiro atoms. The number of nitrogens with one attached hydrogen (secondary N) is 1. The van der Waals surface area contributed by atoms with Crippen LogP contribution in [-0.2, 0) is 10.2 Å². The normalized spacial score (nSPS) is 16.3. The molecule has 0 unspecified atom stereocenters. The first kappa shape index (κ1) is 11.8. The quantitative estimate of drug-likeness (QED) is 0.944. The summed E-state index contributed by atoms with van der Waals surface area (Å²) in [7, 11) is 0. The molecule has 1 N–H and O–H groups in total. The number of anilines is 1. The molecule has 3 rings (SSSR count). The van der Waals surface area contributed by atoms with Gasteiger partial charge in [0.05, 0.1) is 5.41 Å². The molecule has 1 aromatic heterocycles.